The summed E-state index contributed by atoms with van der Waals surface area (Å²) in [5.74, 6) is 2.40. The van der Waals surface area contributed by atoms with E-state index >= 15 is 0 Å². The molecule has 24 heteroatoms. The van der Waals surface area contributed by atoms with Crippen LogP contribution in [0.2, 0.25) is 0 Å². The van der Waals surface area contributed by atoms with Crippen molar-refractivity contribution in [3.63, 3.8) is 0 Å². The van der Waals surface area contributed by atoms with Gasteiger partial charge in [0.2, 0.25) is 0 Å². The number of hydrogen-bond donors (Lipinski definition) is 2. The molecule has 0 atom stereocenters. The van der Waals surface area contributed by atoms with Crippen molar-refractivity contribution in [2.45, 2.75) is 109 Å². The number of carbonyl (C=O) groups excluding carboxylic acids is 3. The number of aromatic nitrogens is 3. The largest absolute Gasteiger partial charge is 1.00 e. The second-order valence-electron chi connectivity index (χ2n) is 19.5. The summed E-state index contributed by atoms with van der Waals surface area (Å²) in [6.45, 7) is 16.9. The van der Waals surface area contributed by atoms with E-state index < -0.39 is 11.6 Å². The van der Waals surface area contributed by atoms with E-state index in [-0.39, 0.29) is 181 Å². The summed E-state index contributed by atoms with van der Waals surface area (Å²) in [4.78, 5) is 62.3. The number of aliphatic carboxylic acids is 1. The third-order valence-electron chi connectivity index (χ3n) is 11.4. The van der Waals surface area contributed by atoms with Crippen LogP contribution < -0.4 is 148 Å². The Hall–Kier alpha value is -0.186. The van der Waals surface area contributed by atoms with Crippen molar-refractivity contribution in [2.75, 3.05) is 57.7 Å². The van der Waals surface area contributed by atoms with Gasteiger partial charge in [0.1, 0.15) is 33.1 Å². The van der Waals surface area contributed by atoms with Crippen molar-refractivity contribution in [3.05, 3.63) is 85.7 Å². The first-order chi connectivity index (χ1) is 34.6. The maximum absolute atomic E-state index is 11.9. The normalized spacial score (nSPS) is 15.7. The van der Waals surface area contributed by atoms with Crippen LogP contribution in [-0.4, -0.2) is 123 Å². The topological polar surface area (TPSA) is 236 Å². The van der Waals surface area contributed by atoms with E-state index in [1.54, 1.807) is 0 Å². The number of carbonyl (C=O) groups is 4. The van der Waals surface area contributed by atoms with E-state index in [1.807, 2.05) is 101 Å². The second kappa shape index (κ2) is 34.3. The van der Waals surface area contributed by atoms with Crippen LogP contribution in [0, 0.1) is 0 Å². The third kappa shape index (κ3) is 24.8. The molecule has 0 unspecified atom stereocenters. The Morgan fingerprint density at radius 1 is 0.653 bits per heavy atom. The van der Waals surface area contributed by atoms with Crippen molar-refractivity contribution in [2.24, 2.45) is 0 Å². The Balaban J connectivity index is 0.000000348. The number of likely N-dealkylation sites (tertiary alicyclic amines) is 2. The molecule has 6 heterocycles. The number of carboxylic acid groups (broad SMARTS) is 1. The molecule has 400 valence electrons. The van der Waals surface area contributed by atoms with E-state index in [1.165, 1.54) is 0 Å². The van der Waals surface area contributed by atoms with Crippen LogP contribution in [0.5, 0.6) is 0 Å². The SMILES string of the molecule is Brc1ccc2oc(C3CCNCC3)nc2c1.CC(C)(C)OC(=O)CBr.CC(C)(C)OC(=O)CN1CCC(c2nc3cc(Br)ccc3o2)CC1.O=C(O)CN1CCC(c2nc3cc(Br)ccc3o2)CC1.O=CO[O-].[Cs+].[Cs+].[H-]. The molecule has 0 radical (unpaired) electrons. The number of hydrogen-bond acceptors (Lipinski definition) is 17. The van der Waals surface area contributed by atoms with Crippen molar-refractivity contribution in [1.29, 1.82) is 0 Å². The maximum Gasteiger partial charge on any atom is 1.00 e. The Bertz CT molecular complexity index is 2730. The fourth-order valence-corrected chi connectivity index (χ4v) is 9.30. The van der Waals surface area contributed by atoms with E-state index in [0.29, 0.717) is 18.4 Å². The number of nitrogens with zero attached hydrogens (tertiary/aromatic N) is 5. The van der Waals surface area contributed by atoms with Gasteiger partial charge in [0.05, 0.1) is 13.1 Å². The monoisotopic (exact) mass is 1530 g/mol. The first-order valence-corrected chi connectivity index (χ1v) is 27.4. The molecule has 3 aliphatic heterocycles. The number of alkyl halides is 1. The van der Waals surface area contributed by atoms with Gasteiger partial charge < -0.3 is 44.7 Å². The van der Waals surface area contributed by atoms with Gasteiger partial charge in [-0.2, -0.15) is 0 Å². The molecule has 2 N–H and O–H groups in total. The van der Waals surface area contributed by atoms with Crippen LogP contribution in [0.4, 0.5) is 0 Å². The molecule has 75 heavy (non-hydrogen) atoms. The number of ether oxygens (including phenoxy) is 2. The molecule has 0 amide bonds. The van der Waals surface area contributed by atoms with Crippen LogP contribution in [0.1, 0.15) is 117 Å². The van der Waals surface area contributed by atoms with Crippen LogP contribution in [0.15, 0.2) is 81.3 Å². The number of halogens is 4. The number of nitrogens with one attached hydrogen (secondary N) is 1. The van der Waals surface area contributed by atoms with Gasteiger partial charge in [-0.25, -0.2) is 15.0 Å². The van der Waals surface area contributed by atoms with Gasteiger partial charge in [-0.15, -0.1) is 0 Å². The zero-order valence-corrected chi connectivity index (χ0v) is 62.7. The Morgan fingerprint density at radius 3 is 1.29 bits per heavy atom. The van der Waals surface area contributed by atoms with Crippen molar-refractivity contribution >= 4 is 121 Å². The summed E-state index contributed by atoms with van der Waals surface area (Å²) in [6, 6.07) is 17.6. The van der Waals surface area contributed by atoms with Crippen molar-refractivity contribution in [1.82, 2.24) is 30.1 Å². The number of piperidine rings is 3. The Kier molecular flexibility index (Phi) is 31.6. The Morgan fingerprint density at radius 2 is 0.987 bits per heavy atom. The minimum absolute atomic E-state index is 0. The fraction of sp³-hybridized carbons (Fsp3) is 0.510. The van der Waals surface area contributed by atoms with E-state index in [2.05, 4.69) is 93.8 Å². The first kappa shape index (κ1) is 69.1. The maximum atomic E-state index is 11.9. The van der Waals surface area contributed by atoms with E-state index in [9.17, 15) is 14.4 Å². The van der Waals surface area contributed by atoms with Crippen LogP contribution in [0.3, 0.4) is 0 Å². The van der Waals surface area contributed by atoms with E-state index in [0.717, 1.165) is 142 Å². The number of carboxylic acids is 1. The van der Waals surface area contributed by atoms with Gasteiger partial charge in [0.15, 0.2) is 34.4 Å². The summed E-state index contributed by atoms with van der Waals surface area (Å²) < 4.78 is 30.8. The molecule has 0 bridgehead atoms. The molecule has 0 spiro atoms. The zero-order chi connectivity index (χ0) is 53.3. The average Bonchev–Trinajstić information content (AvgIpc) is 4.08. The smallest absolute Gasteiger partial charge is 1.00 e. The molecule has 3 saturated heterocycles. The standard InChI is InChI=1S/C18H23BrN2O3.C14H15BrN2O3.C12H13BrN2O.C6H11BrO2.CH2O3.2Cs.H/c1-18(2,3)24-16(22)11-21-8-6-12(7-9-21)17-20-14-10-13(19)4-5-15(14)23-17;15-10-1-2-12-11(7-10)16-14(20-12)9-3-5-17(6-4-9)8-13(18)19;13-9-1-2-11-10(7-9)15-12(16-11)8-3-5-14-6-4-8;1-6(2,3)9-5(8)4-7;2-1-4-3;;;/h4-5,10,12H,6-9,11H2,1-3H3;1-2,7,9H,3-6,8H2,(H,18,19);1-2,7-8,14H,3-6H2;4H2,1-3H3;1,3H;;;/q;;;;;2*+1;-1/p-1. The molecule has 3 aliphatic rings. The van der Waals surface area contributed by atoms with Crippen molar-refractivity contribution in [3.8, 4) is 0 Å². The molecule has 18 nitrogen and oxygen atoms in total. The average molecular weight is 1540 g/mol. The number of benzene rings is 3. The molecule has 3 aromatic carbocycles. The zero-order valence-electron chi connectivity index (χ0n) is 44.8. The van der Waals surface area contributed by atoms with Gasteiger partial charge in [0.25, 0.3) is 6.47 Å². The van der Waals surface area contributed by atoms with Gasteiger partial charge in [-0.3, -0.25) is 29.0 Å². The number of esters is 2. The molecule has 9 rings (SSSR count). The summed E-state index contributed by atoms with van der Waals surface area (Å²) in [5.41, 5.74) is 4.42. The third-order valence-corrected chi connectivity index (χ3v) is 13.3. The minimum atomic E-state index is -0.768. The quantitative estimate of drug-likeness (QED) is 0.0675. The van der Waals surface area contributed by atoms with Gasteiger partial charge in [0, 0.05) is 31.2 Å². The molecule has 6 aromatic rings. The molecular weight excluding hydrogens is 1470 g/mol. The van der Waals surface area contributed by atoms with Crippen molar-refractivity contribution < 1.29 is 196 Å². The minimum Gasteiger partial charge on any atom is -1.00 e. The first-order valence-electron chi connectivity index (χ1n) is 23.9. The number of fused-ring (bicyclic) bond motifs is 3. The predicted molar refractivity (Wildman–Crippen MR) is 288 cm³/mol. The summed E-state index contributed by atoms with van der Waals surface area (Å²) in [5, 5.41) is 20.8. The van der Waals surface area contributed by atoms with Crippen LogP contribution in [0.25, 0.3) is 33.3 Å². The Labute approximate surface area is 590 Å². The second-order valence-corrected chi connectivity index (χ2v) is 22.8. The van der Waals surface area contributed by atoms with Gasteiger partial charge in [-0.05, 0) is 174 Å². The molecule has 3 fully saturated rings. The summed E-state index contributed by atoms with van der Waals surface area (Å²) >= 11 is 13.3. The molecule has 0 saturated carbocycles. The number of oxazole rings is 3. The number of rotatable bonds is 9. The molecular formula is C51H64Br4Cs2N6O12. The summed E-state index contributed by atoms with van der Waals surface area (Å²) in [7, 11) is 0. The van der Waals surface area contributed by atoms with Gasteiger partial charge >= 0.3 is 156 Å². The molecule has 3 aromatic heterocycles. The fourth-order valence-electron chi connectivity index (χ4n) is 8.14. The summed E-state index contributed by atoms with van der Waals surface area (Å²) in [6.07, 6.45) is 5.90. The predicted octanol–water partition coefficient (Wildman–Crippen LogP) is 4.30. The molecule has 0 aliphatic carbocycles. The van der Waals surface area contributed by atoms with E-state index in [4.69, 9.17) is 37.9 Å². The van der Waals surface area contributed by atoms with Gasteiger partial charge in [-0.1, -0.05) is 63.7 Å². The van der Waals surface area contributed by atoms with Crippen LogP contribution in [-0.2, 0) is 33.5 Å². The van der Waals surface area contributed by atoms with Crippen LogP contribution >= 0.6 is 63.7 Å².